The van der Waals surface area contributed by atoms with Gasteiger partial charge in [0.2, 0.25) is 0 Å². The van der Waals surface area contributed by atoms with Crippen molar-refractivity contribution in [1.29, 1.82) is 0 Å². The summed E-state index contributed by atoms with van der Waals surface area (Å²) < 4.78 is 2.96. The zero-order valence-electron chi connectivity index (χ0n) is 9.47. The fraction of sp³-hybridized carbons (Fsp3) is 0.0714. The number of benzene rings is 2. The van der Waals surface area contributed by atoms with Crippen molar-refractivity contribution in [3.63, 3.8) is 0 Å². The molecule has 2 nitrogen and oxygen atoms in total. The molecule has 0 spiro atoms. The Morgan fingerprint density at radius 3 is 1.47 bits per heavy atom. The summed E-state index contributed by atoms with van der Waals surface area (Å²) in [6, 6.07) is 21.4. The number of carboxylic acid groups (broad SMARTS) is 1. The number of hydrogen-bond donors (Lipinski definition) is 0. The average molecular weight is 340 g/mol. The van der Waals surface area contributed by atoms with E-state index >= 15 is 0 Å². The SMILES string of the molecule is CC(=O)[O-].c1ccc([I+]c2ccccc2)cc1. The van der Waals surface area contributed by atoms with Gasteiger partial charge < -0.3 is 9.90 Å². The van der Waals surface area contributed by atoms with Crippen LogP contribution in [0.15, 0.2) is 60.7 Å². The quantitative estimate of drug-likeness (QED) is 0.629. The molecule has 2 rings (SSSR count). The zero-order chi connectivity index (χ0) is 12.5. The first-order chi connectivity index (χ1) is 8.18. The van der Waals surface area contributed by atoms with Gasteiger partial charge in [-0.25, -0.2) is 0 Å². The van der Waals surface area contributed by atoms with E-state index in [-0.39, 0.29) is 21.2 Å². The molecular weight excluding hydrogens is 327 g/mol. The molecule has 0 atom stereocenters. The van der Waals surface area contributed by atoms with Gasteiger partial charge in [0.15, 0.2) is 7.14 Å². The Morgan fingerprint density at radius 1 is 0.882 bits per heavy atom. The van der Waals surface area contributed by atoms with Gasteiger partial charge in [-0.1, -0.05) is 36.4 Å². The monoisotopic (exact) mass is 340 g/mol. The smallest absolute Gasteiger partial charge is 0.357 e. The van der Waals surface area contributed by atoms with Gasteiger partial charge in [0, 0.05) is 5.97 Å². The van der Waals surface area contributed by atoms with E-state index < -0.39 is 5.97 Å². The minimum Gasteiger partial charge on any atom is -0.550 e. The summed E-state index contributed by atoms with van der Waals surface area (Å²) >= 11 is 0.0287. The third-order valence-corrected chi connectivity index (χ3v) is 4.37. The van der Waals surface area contributed by atoms with Crippen LogP contribution in [0.2, 0.25) is 0 Å². The van der Waals surface area contributed by atoms with E-state index in [1.165, 1.54) is 7.14 Å². The minimum atomic E-state index is -1.08. The molecule has 0 aliphatic carbocycles. The van der Waals surface area contributed by atoms with Gasteiger partial charge in [-0.05, 0) is 31.2 Å². The molecule has 88 valence electrons. The Balaban J connectivity index is 0.000000317. The molecule has 0 bridgehead atoms. The van der Waals surface area contributed by atoms with Gasteiger partial charge in [0.05, 0.1) is 0 Å². The molecular formula is C14H13IO2. The highest BCUT2D eigenvalue weighted by atomic mass is 127. The van der Waals surface area contributed by atoms with E-state index in [9.17, 15) is 0 Å². The van der Waals surface area contributed by atoms with Crippen LogP contribution in [0.3, 0.4) is 0 Å². The van der Waals surface area contributed by atoms with Gasteiger partial charge in [0.25, 0.3) is 0 Å². The lowest BCUT2D eigenvalue weighted by molar-refractivity contribution is -0.597. The van der Waals surface area contributed by atoms with Crippen molar-refractivity contribution < 1.29 is 31.1 Å². The molecule has 17 heavy (non-hydrogen) atoms. The first kappa shape index (κ1) is 13.7. The van der Waals surface area contributed by atoms with Gasteiger partial charge >= 0.3 is 21.2 Å². The molecule has 2 aromatic carbocycles. The third kappa shape index (κ3) is 6.73. The number of rotatable bonds is 2. The van der Waals surface area contributed by atoms with Crippen molar-refractivity contribution >= 4 is 5.97 Å². The molecule has 0 amide bonds. The number of aliphatic carboxylic acids is 1. The van der Waals surface area contributed by atoms with Gasteiger partial charge in [-0.2, -0.15) is 0 Å². The molecule has 0 N–H and O–H groups in total. The van der Waals surface area contributed by atoms with Crippen molar-refractivity contribution in [3.8, 4) is 0 Å². The fourth-order valence-electron chi connectivity index (χ4n) is 1.08. The summed E-state index contributed by atoms with van der Waals surface area (Å²) in [6.45, 7) is 0.972. The molecule has 0 fully saturated rings. The highest BCUT2D eigenvalue weighted by Crippen LogP contribution is 1.85. The topological polar surface area (TPSA) is 40.1 Å². The molecule has 0 saturated heterocycles. The lowest BCUT2D eigenvalue weighted by Gasteiger charge is -1.84. The minimum absolute atomic E-state index is 0.0287. The Labute approximate surface area is 112 Å². The van der Waals surface area contributed by atoms with Crippen LogP contribution in [0.5, 0.6) is 0 Å². The van der Waals surface area contributed by atoms with Crippen LogP contribution in [0.1, 0.15) is 6.92 Å². The van der Waals surface area contributed by atoms with Gasteiger partial charge in [-0.3, -0.25) is 0 Å². The van der Waals surface area contributed by atoms with E-state index in [2.05, 4.69) is 60.7 Å². The van der Waals surface area contributed by atoms with Crippen molar-refractivity contribution in [2.45, 2.75) is 6.92 Å². The Morgan fingerprint density at radius 2 is 1.18 bits per heavy atom. The van der Waals surface area contributed by atoms with E-state index in [0.29, 0.717) is 0 Å². The summed E-state index contributed by atoms with van der Waals surface area (Å²) in [7, 11) is 0. The first-order valence-corrected chi connectivity index (χ1v) is 7.27. The molecule has 2 aromatic rings. The molecule has 0 saturated carbocycles. The maximum absolute atomic E-state index is 8.89. The van der Waals surface area contributed by atoms with Crippen LogP contribution in [0.25, 0.3) is 0 Å². The van der Waals surface area contributed by atoms with Gasteiger partial charge in [0.1, 0.15) is 0 Å². The summed E-state index contributed by atoms with van der Waals surface area (Å²) in [4.78, 5) is 8.89. The largest absolute Gasteiger partial charge is 0.550 e. The Kier molecular flexibility index (Phi) is 6.32. The maximum atomic E-state index is 8.89. The highest BCUT2D eigenvalue weighted by molar-refractivity contribution is 5.60. The van der Waals surface area contributed by atoms with Crippen LogP contribution in [0, 0.1) is 7.14 Å². The van der Waals surface area contributed by atoms with E-state index in [1.807, 2.05) is 0 Å². The lowest BCUT2D eigenvalue weighted by Crippen LogP contribution is -3.61. The standard InChI is InChI=1S/C12H10I.C2H4O2/c1-3-7-11(8-4-1)13-12-9-5-2-6-10-12;1-2(3)4/h1-10H;1H3,(H,3,4)/q+1;/p-1. The predicted octanol–water partition coefficient (Wildman–Crippen LogP) is -1.43. The number of hydrogen-bond acceptors (Lipinski definition) is 2. The summed E-state index contributed by atoms with van der Waals surface area (Å²) in [5.41, 5.74) is 0. The second-order valence-electron chi connectivity index (χ2n) is 3.18. The maximum Gasteiger partial charge on any atom is 0.357 e. The first-order valence-electron chi connectivity index (χ1n) is 5.11. The number of carbonyl (C=O) groups is 1. The second-order valence-corrected chi connectivity index (χ2v) is 6.21. The zero-order valence-corrected chi connectivity index (χ0v) is 11.6. The number of halogens is 1. The van der Waals surface area contributed by atoms with Crippen LogP contribution in [0.4, 0.5) is 0 Å². The van der Waals surface area contributed by atoms with E-state index in [1.54, 1.807) is 0 Å². The average Bonchev–Trinajstić information content (AvgIpc) is 2.31. The van der Waals surface area contributed by atoms with Crippen LogP contribution in [-0.2, 0) is 4.79 Å². The molecule has 0 aliphatic rings. The van der Waals surface area contributed by atoms with E-state index in [0.717, 1.165) is 6.92 Å². The molecule has 0 heterocycles. The van der Waals surface area contributed by atoms with E-state index in [4.69, 9.17) is 9.90 Å². The Bertz CT molecular complexity index is 399. The van der Waals surface area contributed by atoms with Crippen LogP contribution >= 0.6 is 0 Å². The third-order valence-electron chi connectivity index (χ3n) is 1.68. The van der Waals surface area contributed by atoms with Crippen molar-refractivity contribution in [2.75, 3.05) is 0 Å². The normalized spacial score (nSPS) is 9.00. The van der Waals surface area contributed by atoms with Crippen molar-refractivity contribution in [1.82, 2.24) is 0 Å². The molecule has 0 unspecified atom stereocenters. The lowest BCUT2D eigenvalue weighted by atomic mass is 10.4. The number of carboxylic acids is 1. The van der Waals surface area contributed by atoms with Crippen molar-refractivity contribution in [3.05, 3.63) is 67.8 Å². The van der Waals surface area contributed by atoms with Crippen LogP contribution in [-0.4, -0.2) is 5.97 Å². The summed E-state index contributed by atoms with van der Waals surface area (Å²) in [6.07, 6.45) is 0. The molecule has 0 radical (unpaired) electrons. The van der Waals surface area contributed by atoms with Gasteiger partial charge in [-0.15, -0.1) is 0 Å². The molecule has 3 heteroatoms. The van der Waals surface area contributed by atoms with Crippen molar-refractivity contribution in [2.24, 2.45) is 0 Å². The number of carbonyl (C=O) groups excluding carboxylic acids is 1. The second kappa shape index (κ2) is 7.84. The fourth-order valence-corrected chi connectivity index (χ4v) is 3.35. The molecule has 0 aliphatic heterocycles. The summed E-state index contributed by atoms with van der Waals surface area (Å²) in [5, 5.41) is 8.89. The molecule has 0 aromatic heterocycles. The Hall–Kier alpha value is -1.36. The summed E-state index contributed by atoms with van der Waals surface area (Å²) in [5.74, 6) is -1.08. The predicted molar refractivity (Wildman–Crippen MR) is 61.0 cm³/mol. The highest BCUT2D eigenvalue weighted by Gasteiger charge is 2.12. The van der Waals surface area contributed by atoms with Crippen LogP contribution < -0.4 is 26.3 Å².